The van der Waals surface area contributed by atoms with Gasteiger partial charge in [0, 0.05) is 12.0 Å². The first-order valence-electron chi connectivity index (χ1n) is 8.30. The average Bonchev–Trinajstić information content (AvgIpc) is 2.96. The van der Waals surface area contributed by atoms with Crippen LogP contribution in [0.3, 0.4) is 0 Å². The number of ether oxygens (including phenoxy) is 1. The molecule has 0 saturated heterocycles. The molecule has 0 aromatic heterocycles. The summed E-state index contributed by atoms with van der Waals surface area (Å²) in [6, 6.07) is 0. The van der Waals surface area contributed by atoms with Crippen LogP contribution in [0.5, 0.6) is 0 Å². The normalized spacial score (nSPS) is 25.7. The SMILES string of the molecule is CCCCOC1(C(C)(C)C2=CCC=C2)CC=C(C)C=C1C. The molecule has 1 atom stereocenters. The predicted octanol–water partition coefficient (Wildman–Crippen LogP) is 5.75. The molecule has 0 heterocycles. The number of hydrogen-bond donors (Lipinski definition) is 0. The van der Waals surface area contributed by atoms with Crippen molar-refractivity contribution in [3.63, 3.8) is 0 Å². The van der Waals surface area contributed by atoms with E-state index in [0.29, 0.717) is 0 Å². The summed E-state index contributed by atoms with van der Waals surface area (Å²) in [5.74, 6) is 0. The molecule has 0 N–H and O–H groups in total. The first-order chi connectivity index (χ1) is 9.94. The van der Waals surface area contributed by atoms with Gasteiger partial charge < -0.3 is 4.74 Å². The van der Waals surface area contributed by atoms with Crippen molar-refractivity contribution in [2.75, 3.05) is 6.61 Å². The Labute approximate surface area is 130 Å². The summed E-state index contributed by atoms with van der Waals surface area (Å²) < 4.78 is 6.56. The molecule has 0 amide bonds. The van der Waals surface area contributed by atoms with Gasteiger partial charge >= 0.3 is 0 Å². The Morgan fingerprint density at radius 1 is 1.24 bits per heavy atom. The summed E-state index contributed by atoms with van der Waals surface area (Å²) in [5.41, 5.74) is 3.92. The van der Waals surface area contributed by atoms with E-state index in [4.69, 9.17) is 4.74 Å². The molecule has 116 valence electrons. The van der Waals surface area contributed by atoms with Crippen LogP contribution < -0.4 is 0 Å². The van der Waals surface area contributed by atoms with E-state index in [2.05, 4.69) is 65.0 Å². The number of unbranched alkanes of at least 4 members (excludes halogenated alkanes) is 1. The molecule has 21 heavy (non-hydrogen) atoms. The van der Waals surface area contributed by atoms with Crippen LogP contribution in [0, 0.1) is 5.41 Å². The molecule has 0 saturated carbocycles. The van der Waals surface area contributed by atoms with Crippen molar-refractivity contribution in [1.29, 1.82) is 0 Å². The highest BCUT2D eigenvalue weighted by Gasteiger charge is 2.49. The smallest absolute Gasteiger partial charge is 0.102 e. The highest BCUT2D eigenvalue weighted by atomic mass is 16.5. The van der Waals surface area contributed by atoms with Crippen LogP contribution in [-0.2, 0) is 4.74 Å². The van der Waals surface area contributed by atoms with Gasteiger partial charge in [-0.2, -0.15) is 0 Å². The van der Waals surface area contributed by atoms with Gasteiger partial charge in [0.15, 0.2) is 0 Å². The fourth-order valence-electron chi connectivity index (χ4n) is 3.63. The van der Waals surface area contributed by atoms with Crippen LogP contribution in [0.15, 0.2) is 47.1 Å². The lowest BCUT2D eigenvalue weighted by atomic mass is 9.63. The van der Waals surface area contributed by atoms with Crippen molar-refractivity contribution < 1.29 is 4.74 Å². The predicted molar refractivity (Wildman–Crippen MR) is 91.3 cm³/mol. The van der Waals surface area contributed by atoms with Gasteiger partial charge in [0.1, 0.15) is 5.60 Å². The topological polar surface area (TPSA) is 9.23 Å². The van der Waals surface area contributed by atoms with Crippen molar-refractivity contribution in [1.82, 2.24) is 0 Å². The van der Waals surface area contributed by atoms with E-state index in [9.17, 15) is 0 Å². The quantitative estimate of drug-likeness (QED) is 0.565. The molecule has 0 radical (unpaired) electrons. The fraction of sp³-hybridized carbons (Fsp3) is 0.600. The van der Waals surface area contributed by atoms with Crippen LogP contribution in [-0.4, -0.2) is 12.2 Å². The summed E-state index contributed by atoms with van der Waals surface area (Å²) in [6.45, 7) is 12.2. The average molecular weight is 286 g/mol. The standard InChI is InChI=1S/C20H30O/c1-6-7-14-21-20(13-12-16(2)15-17(20)3)19(4,5)18-10-8-9-11-18/h8,10-12,15H,6-7,9,13-14H2,1-5H3. The third-order valence-corrected chi connectivity index (χ3v) is 5.14. The highest BCUT2D eigenvalue weighted by Crippen LogP contribution is 2.50. The molecular formula is C20H30O. The minimum Gasteiger partial charge on any atom is -0.369 e. The van der Waals surface area contributed by atoms with Gasteiger partial charge in [0.25, 0.3) is 0 Å². The van der Waals surface area contributed by atoms with Gasteiger partial charge in [-0.15, -0.1) is 0 Å². The lowest BCUT2D eigenvalue weighted by Gasteiger charge is -2.49. The van der Waals surface area contributed by atoms with Crippen molar-refractivity contribution in [3.8, 4) is 0 Å². The monoisotopic (exact) mass is 286 g/mol. The minimum atomic E-state index is -0.206. The molecule has 2 aliphatic carbocycles. The van der Waals surface area contributed by atoms with E-state index >= 15 is 0 Å². The van der Waals surface area contributed by atoms with Gasteiger partial charge in [0.2, 0.25) is 0 Å². The molecule has 1 heteroatoms. The molecule has 1 unspecified atom stereocenters. The van der Waals surface area contributed by atoms with Gasteiger partial charge in [-0.25, -0.2) is 0 Å². The zero-order chi connectivity index (χ0) is 15.5. The molecule has 0 fully saturated rings. The Kier molecular flexibility index (Phi) is 4.93. The summed E-state index contributed by atoms with van der Waals surface area (Å²) in [4.78, 5) is 0. The Bertz CT molecular complexity index is 502. The molecule has 0 aromatic rings. The van der Waals surface area contributed by atoms with E-state index < -0.39 is 0 Å². The van der Waals surface area contributed by atoms with Crippen molar-refractivity contribution in [2.45, 2.75) is 65.9 Å². The van der Waals surface area contributed by atoms with Gasteiger partial charge in [0.05, 0.1) is 0 Å². The first-order valence-corrected chi connectivity index (χ1v) is 8.30. The van der Waals surface area contributed by atoms with Crippen LogP contribution in [0.2, 0.25) is 0 Å². The molecule has 2 aliphatic rings. The molecule has 0 spiro atoms. The third kappa shape index (κ3) is 2.94. The van der Waals surface area contributed by atoms with E-state index in [-0.39, 0.29) is 11.0 Å². The van der Waals surface area contributed by atoms with Crippen LogP contribution in [0.4, 0.5) is 0 Å². The second-order valence-electron chi connectivity index (χ2n) is 6.93. The molecule has 0 aliphatic heterocycles. The Hall–Kier alpha value is -1.08. The Morgan fingerprint density at radius 3 is 2.57 bits per heavy atom. The molecular weight excluding hydrogens is 256 g/mol. The number of rotatable bonds is 6. The van der Waals surface area contributed by atoms with E-state index in [1.807, 2.05) is 0 Å². The minimum absolute atomic E-state index is 0.00841. The second-order valence-corrected chi connectivity index (χ2v) is 6.93. The van der Waals surface area contributed by atoms with Gasteiger partial charge in [-0.05, 0) is 44.3 Å². The molecule has 0 aromatic carbocycles. The van der Waals surface area contributed by atoms with Gasteiger partial charge in [-0.1, -0.05) is 63.1 Å². The number of hydrogen-bond acceptors (Lipinski definition) is 1. The Balaban J connectivity index is 2.37. The molecule has 1 nitrogen and oxygen atoms in total. The maximum Gasteiger partial charge on any atom is 0.102 e. The maximum absolute atomic E-state index is 6.56. The van der Waals surface area contributed by atoms with Gasteiger partial charge in [-0.3, -0.25) is 0 Å². The summed E-state index contributed by atoms with van der Waals surface area (Å²) >= 11 is 0. The fourth-order valence-corrected chi connectivity index (χ4v) is 3.63. The maximum atomic E-state index is 6.56. The third-order valence-electron chi connectivity index (χ3n) is 5.14. The van der Waals surface area contributed by atoms with E-state index in [0.717, 1.165) is 25.9 Å². The van der Waals surface area contributed by atoms with E-state index in [1.165, 1.54) is 23.1 Å². The molecule has 2 rings (SSSR count). The zero-order valence-corrected chi connectivity index (χ0v) is 14.3. The summed E-state index contributed by atoms with van der Waals surface area (Å²) in [5, 5.41) is 0. The Morgan fingerprint density at radius 2 is 2.00 bits per heavy atom. The molecule has 0 bridgehead atoms. The first kappa shape index (κ1) is 16.3. The lowest BCUT2D eigenvalue weighted by Crippen LogP contribution is -2.49. The highest BCUT2D eigenvalue weighted by molar-refractivity contribution is 5.43. The van der Waals surface area contributed by atoms with Crippen LogP contribution in [0.25, 0.3) is 0 Å². The van der Waals surface area contributed by atoms with E-state index in [1.54, 1.807) is 0 Å². The van der Waals surface area contributed by atoms with Crippen molar-refractivity contribution in [3.05, 3.63) is 47.1 Å². The largest absolute Gasteiger partial charge is 0.369 e. The number of allylic oxidation sites excluding steroid dienone is 5. The lowest BCUT2D eigenvalue weighted by molar-refractivity contribution is -0.0809. The zero-order valence-electron chi connectivity index (χ0n) is 14.3. The second kappa shape index (κ2) is 6.36. The summed E-state index contributed by atoms with van der Waals surface area (Å²) in [6.07, 6.45) is 15.9. The summed E-state index contributed by atoms with van der Waals surface area (Å²) in [7, 11) is 0. The van der Waals surface area contributed by atoms with Crippen LogP contribution in [0.1, 0.15) is 60.3 Å². The van der Waals surface area contributed by atoms with Crippen molar-refractivity contribution >= 4 is 0 Å². The van der Waals surface area contributed by atoms with Crippen LogP contribution >= 0.6 is 0 Å². The van der Waals surface area contributed by atoms with Crippen molar-refractivity contribution in [2.24, 2.45) is 5.41 Å².